The summed E-state index contributed by atoms with van der Waals surface area (Å²) < 4.78 is 0. The second-order valence-corrected chi connectivity index (χ2v) is 11.2. The third-order valence-corrected chi connectivity index (χ3v) is 7.80. The average molecular weight is 674 g/mol. The molecule has 0 saturated carbocycles. The van der Waals surface area contributed by atoms with E-state index in [1.807, 2.05) is 180 Å². The fraction of sp³-hybridized carbons (Fsp3) is 0.0889. The highest BCUT2D eigenvalue weighted by molar-refractivity contribution is 6.04. The van der Waals surface area contributed by atoms with Gasteiger partial charge in [0, 0.05) is 58.8 Å². The third kappa shape index (κ3) is 12.5. The first kappa shape index (κ1) is 37.3. The van der Waals surface area contributed by atoms with Crippen molar-refractivity contribution in [2.45, 2.75) is 27.7 Å². The maximum absolute atomic E-state index is 12.9. The van der Waals surface area contributed by atoms with Gasteiger partial charge in [0.05, 0.1) is 0 Å². The number of hydrogen-bond donors (Lipinski definition) is 5. The van der Waals surface area contributed by atoms with Crippen molar-refractivity contribution < 1.29 is 4.79 Å². The summed E-state index contributed by atoms with van der Waals surface area (Å²) in [4.78, 5) is 12.9. The molecular weight excluding hydrogens is 627 g/mol. The molecule has 0 unspecified atom stereocenters. The largest absolute Gasteiger partial charge is 0.362 e. The lowest BCUT2D eigenvalue weighted by atomic mass is 10.1. The molecule has 51 heavy (non-hydrogen) atoms. The lowest BCUT2D eigenvalue weighted by Gasteiger charge is -2.08. The van der Waals surface area contributed by atoms with E-state index in [2.05, 4.69) is 57.0 Å². The zero-order valence-corrected chi connectivity index (χ0v) is 29.7. The summed E-state index contributed by atoms with van der Waals surface area (Å²) in [6, 6.07) is 35.1. The highest BCUT2D eigenvalue weighted by Crippen LogP contribution is 2.19. The molecule has 0 heterocycles. The molecule has 0 fully saturated rings. The number of amides is 1. The standard InChI is InChI=1S/C45H47N5O/c1-5-35(27-31-46-40-15-11-9-12-16-40)37(7-3)29-33-48-42-21-19-39(20-22-42)45(51)50-44-25-23-43(24-26-44)49-34-30-38(8-4)36(6-2)28-32-47-41-17-13-10-14-18-41/h5-34,46-49H,1-4H3,(H,50,51)/b31-27-,32-28-,33-29-,34-30-,35-5+,36-6+,37-7+,38-8+. The molecule has 4 rings (SSSR count). The first-order valence-corrected chi connectivity index (χ1v) is 17.0. The fourth-order valence-corrected chi connectivity index (χ4v) is 4.99. The Hall–Kier alpha value is -6.53. The maximum atomic E-state index is 12.9. The van der Waals surface area contributed by atoms with Gasteiger partial charge in [-0.2, -0.15) is 0 Å². The number of benzene rings is 4. The topological polar surface area (TPSA) is 77.2 Å². The van der Waals surface area contributed by atoms with Crippen LogP contribution in [-0.4, -0.2) is 5.91 Å². The van der Waals surface area contributed by atoms with Gasteiger partial charge in [-0.25, -0.2) is 0 Å². The SMILES string of the molecule is C/C=C(\C=C/Nc1ccccc1)C(/C=C\Nc1ccc(NC(=O)c2ccc(N\C=C/C(=C\C)C(/C=C\Nc3ccccc3)=C/C)cc2)cc1)=C/C. The maximum Gasteiger partial charge on any atom is 0.255 e. The van der Waals surface area contributed by atoms with Crippen LogP contribution in [0.15, 0.2) is 205 Å². The average Bonchev–Trinajstić information content (AvgIpc) is 3.18. The van der Waals surface area contributed by atoms with Gasteiger partial charge in [0.1, 0.15) is 0 Å². The Kier molecular flexibility index (Phi) is 15.2. The minimum Gasteiger partial charge on any atom is -0.362 e. The summed E-state index contributed by atoms with van der Waals surface area (Å²) in [7, 11) is 0. The lowest BCUT2D eigenvalue weighted by Crippen LogP contribution is -2.11. The molecule has 0 spiro atoms. The van der Waals surface area contributed by atoms with E-state index in [1.54, 1.807) is 0 Å². The van der Waals surface area contributed by atoms with Crippen LogP contribution in [0.1, 0.15) is 38.1 Å². The molecule has 5 N–H and O–H groups in total. The minimum absolute atomic E-state index is 0.172. The van der Waals surface area contributed by atoms with E-state index in [0.29, 0.717) is 11.3 Å². The Morgan fingerprint density at radius 2 is 0.686 bits per heavy atom. The molecular formula is C45H47N5O. The van der Waals surface area contributed by atoms with Crippen LogP contribution in [0.5, 0.6) is 0 Å². The van der Waals surface area contributed by atoms with E-state index >= 15 is 0 Å². The van der Waals surface area contributed by atoms with Gasteiger partial charge in [-0.05, 0) is 147 Å². The highest BCUT2D eigenvalue weighted by atomic mass is 16.1. The molecule has 0 atom stereocenters. The molecule has 6 heteroatoms. The van der Waals surface area contributed by atoms with E-state index in [4.69, 9.17) is 0 Å². The molecule has 258 valence electrons. The zero-order valence-electron chi connectivity index (χ0n) is 29.7. The van der Waals surface area contributed by atoms with Crippen LogP contribution in [0.25, 0.3) is 0 Å². The first-order chi connectivity index (χ1) is 25.0. The second kappa shape index (κ2) is 20.8. The van der Waals surface area contributed by atoms with Gasteiger partial charge in [0.2, 0.25) is 0 Å². The number of carbonyl (C=O) groups excluding carboxylic acids is 1. The van der Waals surface area contributed by atoms with Crippen LogP contribution < -0.4 is 26.6 Å². The number of nitrogens with one attached hydrogen (secondary N) is 5. The molecule has 0 saturated heterocycles. The molecule has 6 nitrogen and oxygen atoms in total. The summed E-state index contributed by atoms with van der Waals surface area (Å²) in [5, 5.41) is 16.2. The van der Waals surface area contributed by atoms with Gasteiger partial charge >= 0.3 is 0 Å². The van der Waals surface area contributed by atoms with Gasteiger partial charge in [-0.15, -0.1) is 0 Å². The van der Waals surface area contributed by atoms with Crippen LogP contribution >= 0.6 is 0 Å². The van der Waals surface area contributed by atoms with Crippen molar-refractivity contribution in [1.29, 1.82) is 0 Å². The number of hydrogen-bond acceptors (Lipinski definition) is 5. The summed E-state index contributed by atoms with van der Waals surface area (Å²) in [5.41, 5.74) is 9.51. The van der Waals surface area contributed by atoms with Crippen LogP contribution in [-0.2, 0) is 0 Å². The predicted octanol–water partition coefficient (Wildman–Crippen LogP) is 11.8. The van der Waals surface area contributed by atoms with Gasteiger partial charge in [0.15, 0.2) is 0 Å². The van der Waals surface area contributed by atoms with Crippen LogP contribution in [0.2, 0.25) is 0 Å². The monoisotopic (exact) mass is 673 g/mol. The zero-order chi connectivity index (χ0) is 36.1. The van der Waals surface area contributed by atoms with Crippen LogP contribution in [0, 0.1) is 0 Å². The quantitative estimate of drug-likeness (QED) is 0.0765. The summed E-state index contributed by atoms with van der Waals surface area (Å²) in [6.45, 7) is 8.08. The molecule has 4 aromatic rings. The number of allylic oxidation sites excluding steroid dienone is 12. The number of rotatable bonds is 16. The summed E-state index contributed by atoms with van der Waals surface area (Å²) in [5.74, 6) is -0.172. The minimum atomic E-state index is -0.172. The summed E-state index contributed by atoms with van der Waals surface area (Å²) in [6.07, 6.45) is 24.2. The Bertz CT molecular complexity index is 1930. The number of para-hydroxylation sites is 2. The Morgan fingerprint density at radius 3 is 1.02 bits per heavy atom. The summed E-state index contributed by atoms with van der Waals surface area (Å²) >= 11 is 0. The fourth-order valence-electron chi connectivity index (χ4n) is 4.99. The van der Waals surface area contributed by atoms with Crippen LogP contribution in [0.3, 0.4) is 0 Å². The van der Waals surface area contributed by atoms with Gasteiger partial charge in [-0.1, -0.05) is 60.7 Å². The Balaban J connectivity index is 1.24. The molecule has 0 aromatic heterocycles. The van der Waals surface area contributed by atoms with E-state index in [0.717, 1.165) is 45.0 Å². The molecule has 0 aliphatic carbocycles. The van der Waals surface area contributed by atoms with Crippen LogP contribution in [0.4, 0.5) is 28.4 Å². The van der Waals surface area contributed by atoms with Gasteiger partial charge < -0.3 is 26.6 Å². The molecule has 0 aliphatic heterocycles. The van der Waals surface area contributed by atoms with Crippen molar-refractivity contribution in [2.24, 2.45) is 0 Å². The highest BCUT2D eigenvalue weighted by Gasteiger charge is 2.06. The smallest absolute Gasteiger partial charge is 0.255 e. The van der Waals surface area contributed by atoms with Crippen molar-refractivity contribution in [1.82, 2.24) is 0 Å². The lowest BCUT2D eigenvalue weighted by molar-refractivity contribution is 0.102. The van der Waals surface area contributed by atoms with E-state index in [9.17, 15) is 4.79 Å². The molecule has 0 aliphatic rings. The van der Waals surface area contributed by atoms with E-state index in [-0.39, 0.29) is 5.91 Å². The van der Waals surface area contributed by atoms with Crippen molar-refractivity contribution >= 4 is 34.3 Å². The number of anilines is 5. The molecule has 0 radical (unpaired) electrons. The number of carbonyl (C=O) groups is 1. The second-order valence-electron chi connectivity index (χ2n) is 11.2. The van der Waals surface area contributed by atoms with E-state index < -0.39 is 0 Å². The first-order valence-electron chi connectivity index (χ1n) is 17.0. The van der Waals surface area contributed by atoms with Crippen molar-refractivity contribution in [3.63, 3.8) is 0 Å². The van der Waals surface area contributed by atoms with Gasteiger partial charge in [0.25, 0.3) is 5.91 Å². The molecule has 4 aromatic carbocycles. The van der Waals surface area contributed by atoms with E-state index in [1.165, 1.54) is 0 Å². The van der Waals surface area contributed by atoms with Crippen molar-refractivity contribution in [3.05, 3.63) is 210 Å². The third-order valence-electron chi connectivity index (χ3n) is 7.80. The molecule has 1 amide bonds. The normalized spacial score (nSPS) is 12.9. The van der Waals surface area contributed by atoms with Crippen molar-refractivity contribution in [3.8, 4) is 0 Å². The van der Waals surface area contributed by atoms with Crippen molar-refractivity contribution in [2.75, 3.05) is 26.6 Å². The molecule has 0 bridgehead atoms. The van der Waals surface area contributed by atoms with Gasteiger partial charge in [-0.3, -0.25) is 4.79 Å². The Labute approximate surface area is 303 Å². The predicted molar refractivity (Wildman–Crippen MR) is 220 cm³/mol. The Morgan fingerprint density at radius 1 is 0.392 bits per heavy atom.